The second kappa shape index (κ2) is 8.97. The van der Waals surface area contributed by atoms with Crippen LogP contribution in [-0.4, -0.2) is 37.8 Å². The van der Waals surface area contributed by atoms with Crippen LogP contribution in [0.4, 0.5) is 0 Å². The Balaban J connectivity index is 1.83. The van der Waals surface area contributed by atoms with Crippen molar-refractivity contribution in [3.05, 3.63) is 71.8 Å². The van der Waals surface area contributed by atoms with Gasteiger partial charge in [0.2, 0.25) is 0 Å². The van der Waals surface area contributed by atoms with Gasteiger partial charge in [0.05, 0.1) is 19.3 Å². The molecule has 3 rings (SSSR count). The standard InChI is InChI=1S/C21H27NO2/c1-2-24-21(19-11-7-4-8-12-19)17-20(18-9-5-3-6-10-18)22-13-15-23-16-14-22/h3-12,20-21H,2,13-17H2,1H3/t20-,21+/m0/s1. The van der Waals surface area contributed by atoms with E-state index in [-0.39, 0.29) is 6.10 Å². The molecule has 0 aromatic heterocycles. The highest BCUT2D eigenvalue weighted by atomic mass is 16.5. The molecular formula is C21H27NO2. The number of hydrogen-bond donors (Lipinski definition) is 0. The molecule has 0 N–H and O–H groups in total. The van der Waals surface area contributed by atoms with E-state index >= 15 is 0 Å². The van der Waals surface area contributed by atoms with E-state index < -0.39 is 0 Å². The summed E-state index contributed by atoms with van der Waals surface area (Å²) in [6, 6.07) is 21.7. The van der Waals surface area contributed by atoms with Gasteiger partial charge in [0.1, 0.15) is 0 Å². The van der Waals surface area contributed by atoms with E-state index in [4.69, 9.17) is 9.47 Å². The van der Waals surface area contributed by atoms with Gasteiger partial charge in [0.15, 0.2) is 0 Å². The molecule has 1 aliphatic rings. The smallest absolute Gasteiger partial charge is 0.0843 e. The minimum Gasteiger partial charge on any atom is -0.379 e. The summed E-state index contributed by atoms with van der Waals surface area (Å²) in [7, 11) is 0. The Morgan fingerprint density at radius 1 is 0.917 bits per heavy atom. The highest BCUT2D eigenvalue weighted by molar-refractivity contribution is 5.22. The maximum Gasteiger partial charge on any atom is 0.0843 e. The molecule has 1 fully saturated rings. The van der Waals surface area contributed by atoms with Gasteiger partial charge in [-0.05, 0) is 24.5 Å². The summed E-state index contributed by atoms with van der Waals surface area (Å²) in [5.41, 5.74) is 2.62. The SMILES string of the molecule is CCO[C@H](C[C@@H](c1ccccc1)N1CCOCC1)c1ccccc1. The van der Waals surface area contributed by atoms with E-state index in [1.165, 1.54) is 11.1 Å². The van der Waals surface area contributed by atoms with Crippen molar-refractivity contribution in [2.45, 2.75) is 25.5 Å². The zero-order chi connectivity index (χ0) is 16.6. The minimum atomic E-state index is 0.115. The van der Waals surface area contributed by atoms with Gasteiger partial charge in [-0.3, -0.25) is 4.90 Å². The lowest BCUT2D eigenvalue weighted by atomic mass is 9.95. The molecule has 1 aliphatic heterocycles. The third-order valence-corrected chi connectivity index (χ3v) is 4.65. The number of rotatable bonds is 7. The van der Waals surface area contributed by atoms with E-state index in [2.05, 4.69) is 72.5 Å². The van der Waals surface area contributed by atoms with Gasteiger partial charge in [-0.15, -0.1) is 0 Å². The van der Waals surface area contributed by atoms with Crippen LogP contribution in [0.1, 0.15) is 36.6 Å². The van der Waals surface area contributed by atoms with Gasteiger partial charge in [-0.1, -0.05) is 60.7 Å². The summed E-state index contributed by atoms with van der Waals surface area (Å²) in [6.07, 6.45) is 1.08. The van der Waals surface area contributed by atoms with Crippen molar-refractivity contribution in [3.63, 3.8) is 0 Å². The maximum absolute atomic E-state index is 6.11. The first-order valence-electron chi connectivity index (χ1n) is 8.91. The van der Waals surface area contributed by atoms with Gasteiger partial charge in [0, 0.05) is 25.7 Å². The Kier molecular flexibility index (Phi) is 6.41. The molecule has 1 saturated heterocycles. The zero-order valence-corrected chi connectivity index (χ0v) is 14.4. The van der Waals surface area contributed by atoms with Gasteiger partial charge in [-0.2, -0.15) is 0 Å². The maximum atomic E-state index is 6.11. The summed E-state index contributed by atoms with van der Waals surface area (Å²) >= 11 is 0. The van der Waals surface area contributed by atoms with Crippen molar-refractivity contribution in [2.75, 3.05) is 32.9 Å². The second-order valence-electron chi connectivity index (χ2n) is 6.17. The van der Waals surface area contributed by atoms with Crippen LogP contribution in [0, 0.1) is 0 Å². The molecule has 0 spiro atoms. The highest BCUT2D eigenvalue weighted by Crippen LogP contribution is 2.33. The zero-order valence-electron chi connectivity index (χ0n) is 14.4. The average molecular weight is 325 g/mol. The molecule has 0 aliphatic carbocycles. The van der Waals surface area contributed by atoms with Crippen LogP contribution in [0.3, 0.4) is 0 Å². The molecule has 3 nitrogen and oxygen atoms in total. The monoisotopic (exact) mass is 325 g/mol. The van der Waals surface area contributed by atoms with Crippen LogP contribution in [0.25, 0.3) is 0 Å². The van der Waals surface area contributed by atoms with E-state index in [1.807, 2.05) is 0 Å². The molecule has 2 aromatic rings. The molecular weight excluding hydrogens is 298 g/mol. The number of ether oxygens (including phenoxy) is 2. The lowest BCUT2D eigenvalue weighted by Gasteiger charge is -2.36. The normalized spacial score (nSPS) is 18.2. The topological polar surface area (TPSA) is 21.7 Å². The summed E-state index contributed by atoms with van der Waals surface area (Å²) in [5.74, 6) is 0. The molecule has 0 radical (unpaired) electrons. The lowest BCUT2D eigenvalue weighted by molar-refractivity contribution is -0.0116. The predicted molar refractivity (Wildman–Crippen MR) is 97.0 cm³/mol. The first-order valence-corrected chi connectivity index (χ1v) is 8.91. The van der Waals surface area contributed by atoms with Crippen molar-refractivity contribution < 1.29 is 9.47 Å². The van der Waals surface area contributed by atoms with Crippen LogP contribution in [0.5, 0.6) is 0 Å². The number of nitrogens with zero attached hydrogens (tertiary/aromatic N) is 1. The van der Waals surface area contributed by atoms with Crippen LogP contribution >= 0.6 is 0 Å². The molecule has 0 bridgehead atoms. The van der Waals surface area contributed by atoms with Gasteiger partial charge in [-0.25, -0.2) is 0 Å². The van der Waals surface area contributed by atoms with E-state index in [0.717, 1.165) is 39.3 Å². The summed E-state index contributed by atoms with van der Waals surface area (Å²) in [5, 5.41) is 0. The van der Waals surface area contributed by atoms with Crippen LogP contribution in [0.2, 0.25) is 0 Å². The fourth-order valence-corrected chi connectivity index (χ4v) is 3.43. The minimum absolute atomic E-state index is 0.115. The molecule has 1 heterocycles. The average Bonchev–Trinajstić information content (AvgIpc) is 2.67. The predicted octanol–water partition coefficient (Wildman–Crippen LogP) is 4.23. The summed E-state index contributed by atoms with van der Waals surface area (Å²) in [4.78, 5) is 2.54. The third kappa shape index (κ3) is 4.44. The quantitative estimate of drug-likeness (QED) is 0.760. The Labute approximate surface area is 145 Å². The van der Waals surface area contributed by atoms with Crippen molar-refractivity contribution >= 4 is 0 Å². The Bertz CT molecular complexity index is 581. The summed E-state index contributed by atoms with van der Waals surface area (Å²) in [6.45, 7) is 6.38. The lowest BCUT2D eigenvalue weighted by Crippen LogP contribution is -2.39. The third-order valence-electron chi connectivity index (χ3n) is 4.65. The van der Waals surface area contributed by atoms with E-state index in [1.54, 1.807) is 0 Å². The number of benzene rings is 2. The molecule has 0 saturated carbocycles. The molecule has 2 atom stereocenters. The van der Waals surface area contributed by atoms with Gasteiger partial charge >= 0.3 is 0 Å². The van der Waals surface area contributed by atoms with Crippen LogP contribution < -0.4 is 0 Å². The highest BCUT2D eigenvalue weighted by Gasteiger charge is 2.26. The Morgan fingerprint density at radius 3 is 2.08 bits per heavy atom. The van der Waals surface area contributed by atoms with Crippen molar-refractivity contribution in [1.29, 1.82) is 0 Å². The van der Waals surface area contributed by atoms with E-state index in [0.29, 0.717) is 6.04 Å². The number of hydrogen-bond acceptors (Lipinski definition) is 3. The van der Waals surface area contributed by atoms with Crippen molar-refractivity contribution in [2.24, 2.45) is 0 Å². The van der Waals surface area contributed by atoms with Gasteiger partial charge in [0.25, 0.3) is 0 Å². The van der Waals surface area contributed by atoms with Crippen molar-refractivity contribution in [3.8, 4) is 0 Å². The van der Waals surface area contributed by atoms with Crippen molar-refractivity contribution in [1.82, 2.24) is 4.90 Å². The largest absolute Gasteiger partial charge is 0.379 e. The molecule has 24 heavy (non-hydrogen) atoms. The fourth-order valence-electron chi connectivity index (χ4n) is 3.43. The first kappa shape index (κ1) is 17.2. The van der Waals surface area contributed by atoms with E-state index in [9.17, 15) is 0 Å². The molecule has 128 valence electrons. The van der Waals surface area contributed by atoms with Gasteiger partial charge < -0.3 is 9.47 Å². The fraction of sp³-hybridized carbons (Fsp3) is 0.429. The molecule has 0 amide bonds. The summed E-state index contributed by atoms with van der Waals surface area (Å²) < 4.78 is 11.7. The molecule has 2 aromatic carbocycles. The van der Waals surface area contributed by atoms with Crippen LogP contribution in [-0.2, 0) is 9.47 Å². The molecule has 0 unspecified atom stereocenters. The number of morpholine rings is 1. The molecule has 3 heteroatoms. The van der Waals surface area contributed by atoms with Crippen LogP contribution in [0.15, 0.2) is 60.7 Å². The second-order valence-corrected chi connectivity index (χ2v) is 6.17. The Hall–Kier alpha value is -1.68. The first-order chi connectivity index (χ1) is 11.9. The Morgan fingerprint density at radius 2 is 1.50 bits per heavy atom.